The SMILES string of the molecule is CCc1cc(Br)cc(CC(N)C(=O)O)c1OC. The molecule has 0 saturated carbocycles. The molecule has 1 rings (SSSR count). The van der Waals surface area contributed by atoms with Crippen LogP contribution in [0.15, 0.2) is 16.6 Å². The Kier molecular flexibility index (Phi) is 4.96. The summed E-state index contributed by atoms with van der Waals surface area (Å²) in [7, 11) is 1.58. The highest BCUT2D eigenvalue weighted by atomic mass is 79.9. The van der Waals surface area contributed by atoms with Gasteiger partial charge in [-0.2, -0.15) is 0 Å². The molecule has 0 spiro atoms. The van der Waals surface area contributed by atoms with E-state index in [2.05, 4.69) is 15.9 Å². The van der Waals surface area contributed by atoms with E-state index in [4.69, 9.17) is 15.6 Å². The summed E-state index contributed by atoms with van der Waals surface area (Å²) in [5.41, 5.74) is 7.39. The van der Waals surface area contributed by atoms with Crippen LogP contribution in [-0.2, 0) is 17.6 Å². The maximum atomic E-state index is 10.8. The minimum atomic E-state index is -1.01. The summed E-state index contributed by atoms with van der Waals surface area (Å²) in [5.74, 6) is -0.280. The lowest BCUT2D eigenvalue weighted by atomic mass is 10.0. The first-order valence-electron chi connectivity index (χ1n) is 5.33. The third-order valence-electron chi connectivity index (χ3n) is 2.55. The number of hydrogen-bond donors (Lipinski definition) is 2. The lowest BCUT2D eigenvalue weighted by Gasteiger charge is -2.15. The van der Waals surface area contributed by atoms with E-state index in [1.165, 1.54) is 0 Å². The van der Waals surface area contributed by atoms with Crippen molar-refractivity contribution in [3.8, 4) is 5.75 Å². The Bertz CT molecular complexity index is 420. The molecule has 0 saturated heterocycles. The van der Waals surface area contributed by atoms with E-state index in [1.807, 2.05) is 19.1 Å². The third-order valence-corrected chi connectivity index (χ3v) is 3.01. The largest absolute Gasteiger partial charge is 0.496 e. The van der Waals surface area contributed by atoms with E-state index in [0.717, 1.165) is 27.8 Å². The summed E-state index contributed by atoms with van der Waals surface area (Å²) in [6.07, 6.45) is 1.07. The lowest BCUT2D eigenvalue weighted by molar-refractivity contribution is -0.138. The molecule has 0 bridgehead atoms. The Morgan fingerprint density at radius 3 is 2.59 bits per heavy atom. The van der Waals surface area contributed by atoms with Crippen LogP contribution in [0, 0.1) is 0 Å². The first-order valence-corrected chi connectivity index (χ1v) is 6.12. The van der Waals surface area contributed by atoms with Crippen LogP contribution in [0.4, 0.5) is 0 Å². The van der Waals surface area contributed by atoms with Gasteiger partial charge in [0.2, 0.25) is 0 Å². The second kappa shape index (κ2) is 6.02. The minimum Gasteiger partial charge on any atom is -0.496 e. The summed E-state index contributed by atoms with van der Waals surface area (Å²) < 4.78 is 6.24. The zero-order valence-corrected chi connectivity index (χ0v) is 11.5. The zero-order chi connectivity index (χ0) is 13.0. The summed E-state index contributed by atoms with van der Waals surface area (Å²) in [6.45, 7) is 2.02. The molecule has 94 valence electrons. The van der Waals surface area contributed by atoms with Crippen molar-refractivity contribution in [1.29, 1.82) is 0 Å². The molecule has 0 aliphatic rings. The predicted octanol–water partition coefficient (Wildman–Crippen LogP) is 1.97. The number of aryl methyl sites for hydroxylation is 1. The Morgan fingerprint density at radius 1 is 1.53 bits per heavy atom. The van der Waals surface area contributed by atoms with Gasteiger partial charge in [0.15, 0.2) is 0 Å². The van der Waals surface area contributed by atoms with Crippen molar-refractivity contribution in [2.75, 3.05) is 7.11 Å². The number of carboxylic acids is 1. The van der Waals surface area contributed by atoms with E-state index in [-0.39, 0.29) is 6.42 Å². The van der Waals surface area contributed by atoms with E-state index < -0.39 is 12.0 Å². The van der Waals surface area contributed by atoms with Crippen LogP contribution in [0.3, 0.4) is 0 Å². The van der Waals surface area contributed by atoms with Gasteiger partial charge < -0.3 is 15.6 Å². The van der Waals surface area contributed by atoms with Gasteiger partial charge in [0, 0.05) is 10.9 Å². The molecule has 3 N–H and O–H groups in total. The van der Waals surface area contributed by atoms with Gasteiger partial charge in [0.25, 0.3) is 0 Å². The molecule has 4 nitrogen and oxygen atoms in total. The number of rotatable bonds is 5. The molecular weight excluding hydrogens is 286 g/mol. The maximum absolute atomic E-state index is 10.8. The number of hydrogen-bond acceptors (Lipinski definition) is 3. The standard InChI is InChI=1S/C12H16BrNO3/c1-3-7-4-9(13)5-8(11(7)17-2)6-10(14)12(15)16/h4-5,10H,3,6,14H2,1-2H3,(H,15,16). The molecule has 0 heterocycles. The number of methoxy groups -OCH3 is 1. The Hall–Kier alpha value is -1.07. The lowest BCUT2D eigenvalue weighted by Crippen LogP contribution is -2.32. The summed E-state index contributed by atoms with van der Waals surface area (Å²) in [5, 5.41) is 8.83. The number of halogens is 1. The molecule has 0 aliphatic heterocycles. The van der Waals surface area contributed by atoms with Crippen LogP contribution in [0.5, 0.6) is 5.75 Å². The zero-order valence-electron chi connectivity index (χ0n) is 9.87. The number of benzene rings is 1. The molecule has 5 heteroatoms. The normalized spacial score (nSPS) is 12.2. The fourth-order valence-corrected chi connectivity index (χ4v) is 2.27. The number of carbonyl (C=O) groups is 1. The fraction of sp³-hybridized carbons (Fsp3) is 0.417. The molecule has 0 aromatic heterocycles. The van der Waals surface area contributed by atoms with Crippen molar-refractivity contribution >= 4 is 21.9 Å². The van der Waals surface area contributed by atoms with Crippen LogP contribution in [0.25, 0.3) is 0 Å². The smallest absolute Gasteiger partial charge is 0.320 e. The number of nitrogens with two attached hydrogens (primary N) is 1. The molecule has 1 aromatic rings. The molecule has 17 heavy (non-hydrogen) atoms. The number of aliphatic carboxylic acids is 1. The summed E-state index contributed by atoms with van der Waals surface area (Å²) in [4.78, 5) is 10.8. The molecular formula is C12H16BrNO3. The van der Waals surface area contributed by atoms with Crippen LogP contribution in [0.1, 0.15) is 18.1 Å². The van der Waals surface area contributed by atoms with Crippen LogP contribution < -0.4 is 10.5 Å². The number of carboxylic acid groups (broad SMARTS) is 1. The Balaban J connectivity index is 3.12. The molecule has 0 amide bonds. The van der Waals surface area contributed by atoms with Crippen molar-refractivity contribution in [3.05, 3.63) is 27.7 Å². The van der Waals surface area contributed by atoms with Crippen molar-refractivity contribution in [3.63, 3.8) is 0 Å². The van der Waals surface area contributed by atoms with Gasteiger partial charge in [-0.3, -0.25) is 4.79 Å². The monoisotopic (exact) mass is 301 g/mol. The first kappa shape index (κ1) is 14.0. The van der Waals surface area contributed by atoms with Crippen molar-refractivity contribution in [2.24, 2.45) is 5.73 Å². The molecule has 0 radical (unpaired) electrons. The second-order valence-corrected chi connectivity index (χ2v) is 4.68. The maximum Gasteiger partial charge on any atom is 0.320 e. The van der Waals surface area contributed by atoms with Gasteiger partial charge in [-0.15, -0.1) is 0 Å². The molecule has 1 atom stereocenters. The Morgan fingerprint density at radius 2 is 2.12 bits per heavy atom. The van der Waals surface area contributed by atoms with E-state index in [1.54, 1.807) is 7.11 Å². The molecule has 0 aliphatic carbocycles. The quantitative estimate of drug-likeness (QED) is 0.872. The van der Waals surface area contributed by atoms with Gasteiger partial charge in [0.1, 0.15) is 11.8 Å². The van der Waals surface area contributed by atoms with Gasteiger partial charge in [-0.25, -0.2) is 0 Å². The highest BCUT2D eigenvalue weighted by molar-refractivity contribution is 9.10. The van der Waals surface area contributed by atoms with Gasteiger partial charge in [-0.05, 0) is 29.7 Å². The molecule has 1 unspecified atom stereocenters. The average molecular weight is 302 g/mol. The van der Waals surface area contributed by atoms with Crippen LogP contribution in [-0.4, -0.2) is 24.2 Å². The minimum absolute atomic E-state index is 0.255. The van der Waals surface area contributed by atoms with E-state index >= 15 is 0 Å². The fourth-order valence-electron chi connectivity index (χ4n) is 1.71. The van der Waals surface area contributed by atoms with Crippen LogP contribution >= 0.6 is 15.9 Å². The van der Waals surface area contributed by atoms with E-state index in [9.17, 15) is 4.79 Å². The second-order valence-electron chi connectivity index (χ2n) is 3.76. The van der Waals surface area contributed by atoms with Crippen molar-refractivity contribution in [2.45, 2.75) is 25.8 Å². The van der Waals surface area contributed by atoms with Crippen molar-refractivity contribution in [1.82, 2.24) is 0 Å². The highest BCUT2D eigenvalue weighted by Crippen LogP contribution is 2.29. The predicted molar refractivity (Wildman–Crippen MR) is 69.4 cm³/mol. The topological polar surface area (TPSA) is 72.6 Å². The van der Waals surface area contributed by atoms with E-state index in [0.29, 0.717) is 0 Å². The summed E-state index contributed by atoms with van der Waals surface area (Å²) in [6, 6.07) is 2.90. The average Bonchev–Trinajstić information content (AvgIpc) is 2.27. The number of ether oxygens (including phenoxy) is 1. The Labute approximate surface area is 109 Å². The van der Waals surface area contributed by atoms with Crippen LogP contribution in [0.2, 0.25) is 0 Å². The molecule has 1 aromatic carbocycles. The first-order chi connectivity index (χ1) is 7.99. The van der Waals surface area contributed by atoms with Gasteiger partial charge in [0.05, 0.1) is 7.11 Å². The third kappa shape index (κ3) is 3.44. The summed E-state index contributed by atoms with van der Waals surface area (Å²) >= 11 is 3.40. The van der Waals surface area contributed by atoms with Gasteiger partial charge >= 0.3 is 5.97 Å². The highest BCUT2D eigenvalue weighted by Gasteiger charge is 2.17. The van der Waals surface area contributed by atoms with Gasteiger partial charge in [-0.1, -0.05) is 22.9 Å². The molecule has 0 fully saturated rings. The van der Waals surface area contributed by atoms with Crippen molar-refractivity contribution < 1.29 is 14.6 Å².